The van der Waals surface area contributed by atoms with Crippen LogP contribution in [0, 0.1) is 0 Å². The van der Waals surface area contributed by atoms with Gasteiger partial charge in [-0.2, -0.15) is 5.10 Å². The van der Waals surface area contributed by atoms with Crippen molar-refractivity contribution in [3.05, 3.63) is 77.6 Å². The van der Waals surface area contributed by atoms with E-state index in [1.165, 1.54) is 7.11 Å². The molecule has 138 valence electrons. The lowest BCUT2D eigenvalue weighted by molar-refractivity contribution is 0.0601. The summed E-state index contributed by atoms with van der Waals surface area (Å²) in [5.74, 6) is 1.67. The van der Waals surface area contributed by atoms with E-state index in [1.807, 2.05) is 42.5 Å². The van der Waals surface area contributed by atoms with Gasteiger partial charge in [0.05, 0.1) is 32.5 Å². The molecule has 27 heavy (non-hydrogen) atoms. The summed E-state index contributed by atoms with van der Waals surface area (Å²) in [6.07, 6.45) is 1.60. The van der Waals surface area contributed by atoms with Gasteiger partial charge in [0.25, 0.3) is 0 Å². The maximum atomic E-state index is 11.6. The summed E-state index contributed by atoms with van der Waals surface area (Å²) in [6.45, 7) is 0.537. The fourth-order valence-electron chi connectivity index (χ4n) is 2.58. The van der Waals surface area contributed by atoms with Gasteiger partial charge in [0.2, 0.25) is 0 Å². The number of esters is 1. The van der Waals surface area contributed by atoms with Gasteiger partial charge in [-0.05, 0) is 30.3 Å². The Morgan fingerprint density at radius 2 is 1.96 bits per heavy atom. The molecule has 0 spiro atoms. The third-order valence-corrected chi connectivity index (χ3v) is 3.94. The monoisotopic (exact) mass is 364 g/mol. The van der Waals surface area contributed by atoms with Gasteiger partial charge in [0, 0.05) is 11.1 Å². The maximum absolute atomic E-state index is 11.6. The molecule has 0 aliphatic heterocycles. The average Bonchev–Trinajstić information content (AvgIpc) is 3.20. The smallest absolute Gasteiger partial charge is 0.337 e. The van der Waals surface area contributed by atoms with Crippen molar-refractivity contribution in [2.75, 3.05) is 14.2 Å². The second-order valence-electron chi connectivity index (χ2n) is 5.68. The number of hydrogen-bond donors (Lipinski definition) is 1. The predicted molar refractivity (Wildman–Crippen MR) is 103 cm³/mol. The van der Waals surface area contributed by atoms with Crippen molar-refractivity contribution in [3.63, 3.8) is 0 Å². The molecule has 0 bridgehead atoms. The number of benzene rings is 2. The van der Waals surface area contributed by atoms with Crippen LogP contribution >= 0.6 is 0 Å². The lowest BCUT2D eigenvalue weighted by atomic mass is 10.1. The topological polar surface area (TPSA) is 73.1 Å². The van der Waals surface area contributed by atoms with Crippen LogP contribution in [0.5, 0.6) is 5.75 Å². The van der Waals surface area contributed by atoms with Crippen molar-refractivity contribution < 1.29 is 18.7 Å². The largest absolute Gasteiger partial charge is 0.496 e. The van der Waals surface area contributed by atoms with E-state index >= 15 is 0 Å². The molecule has 1 N–H and O–H groups in total. The van der Waals surface area contributed by atoms with Crippen LogP contribution in [0.4, 0.5) is 0 Å². The Balaban J connectivity index is 1.64. The SMILES string of the molecule is COC(=O)c1cccc(-c2ccc(/C=N/NCc3ccccc3OC)o2)c1. The summed E-state index contributed by atoms with van der Waals surface area (Å²) in [5.41, 5.74) is 5.25. The summed E-state index contributed by atoms with van der Waals surface area (Å²) in [5, 5.41) is 4.18. The normalized spacial score (nSPS) is 10.7. The second-order valence-corrected chi connectivity index (χ2v) is 5.68. The van der Waals surface area contributed by atoms with Crippen LogP contribution in [0.3, 0.4) is 0 Å². The molecule has 0 radical (unpaired) electrons. The molecule has 0 aliphatic rings. The molecule has 0 atom stereocenters. The van der Waals surface area contributed by atoms with Crippen molar-refractivity contribution in [2.45, 2.75) is 6.54 Å². The second kappa shape index (κ2) is 8.71. The van der Waals surface area contributed by atoms with Gasteiger partial charge in [0.1, 0.15) is 17.3 Å². The van der Waals surface area contributed by atoms with Gasteiger partial charge < -0.3 is 19.3 Å². The van der Waals surface area contributed by atoms with Crippen molar-refractivity contribution in [2.24, 2.45) is 5.10 Å². The molecular formula is C21H20N2O4. The Hall–Kier alpha value is -3.54. The van der Waals surface area contributed by atoms with Gasteiger partial charge in [0.15, 0.2) is 0 Å². The first kappa shape index (κ1) is 18.3. The minimum atomic E-state index is -0.384. The molecule has 0 unspecified atom stereocenters. The fraction of sp³-hybridized carbons (Fsp3) is 0.143. The molecule has 3 aromatic rings. The molecule has 0 aliphatic carbocycles. The van der Waals surface area contributed by atoms with Gasteiger partial charge in [-0.3, -0.25) is 0 Å². The highest BCUT2D eigenvalue weighted by atomic mass is 16.5. The van der Waals surface area contributed by atoms with Crippen LogP contribution in [0.15, 0.2) is 70.2 Å². The number of nitrogens with one attached hydrogen (secondary N) is 1. The minimum absolute atomic E-state index is 0.384. The quantitative estimate of drug-likeness (QED) is 0.391. The third kappa shape index (κ3) is 4.55. The van der Waals surface area contributed by atoms with E-state index in [0.717, 1.165) is 16.9 Å². The van der Waals surface area contributed by atoms with Gasteiger partial charge in [-0.1, -0.05) is 30.3 Å². The number of hydrogen-bond acceptors (Lipinski definition) is 6. The zero-order valence-corrected chi connectivity index (χ0v) is 15.1. The van der Waals surface area contributed by atoms with E-state index in [4.69, 9.17) is 13.9 Å². The van der Waals surface area contributed by atoms with E-state index < -0.39 is 0 Å². The zero-order chi connectivity index (χ0) is 19.1. The number of methoxy groups -OCH3 is 2. The number of carbonyl (C=O) groups is 1. The number of furan rings is 1. The standard InChI is InChI=1S/C21H20N2O4/c1-25-19-9-4-3-6-17(19)13-22-23-14-18-10-11-20(27-18)15-7-5-8-16(12-15)21(24)26-2/h3-12,14,22H,13H2,1-2H3/b23-14+. The Bertz CT molecular complexity index is 947. The lowest BCUT2D eigenvalue weighted by Gasteiger charge is -2.06. The highest BCUT2D eigenvalue weighted by Gasteiger charge is 2.09. The van der Waals surface area contributed by atoms with Crippen molar-refractivity contribution >= 4 is 12.2 Å². The van der Waals surface area contributed by atoms with E-state index in [-0.39, 0.29) is 5.97 Å². The first-order valence-corrected chi connectivity index (χ1v) is 8.37. The van der Waals surface area contributed by atoms with E-state index in [9.17, 15) is 4.79 Å². The summed E-state index contributed by atoms with van der Waals surface area (Å²) in [7, 11) is 3.00. The molecule has 6 heteroatoms. The molecule has 0 saturated carbocycles. The third-order valence-electron chi connectivity index (χ3n) is 3.94. The Kier molecular flexibility index (Phi) is 5.89. The van der Waals surface area contributed by atoms with E-state index in [2.05, 4.69) is 10.5 Å². The maximum Gasteiger partial charge on any atom is 0.337 e. The number of para-hydroxylation sites is 1. The van der Waals surface area contributed by atoms with Crippen molar-refractivity contribution in [1.82, 2.24) is 5.43 Å². The fourth-order valence-corrected chi connectivity index (χ4v) is 2.58. The molecular weight excluding hydrogens is 344 g/mol. The molecule has 2 aromatic carbocycles. The number of nitrogens with zero attached hydrogens (tertiary/aromatic N) is 1. The number of hydrazone groups is 1. The highest BCUT2D eigenvalue weighted by Crippen LogP contribution is 2.23. The molecule has 3 rings (SSSR count). The van der Waals surface area contributed by atoms with E-state index in [0.29, 0.717) is 23.6 Å². The molecule has 1 aromatic heterocycles. The summed E-state index contributed by atoms with van der Waals surface area (Å²) < 4.78 is 15.8. The Labute approximate surface area is 157 Å². The van der Waals surface area contributed by atoms with Crippen LogP contribution < -0.4 is 10.2 Å². The first-order chi connectivity index (χ1) is 13.2. The number of ether oxygens (including phenoxy) is 2. The summed E-state index contributed by atoms with van der Waals surface area (Å²) in [4.78, 5) is 11.6. The number of rotatable bonds is 7. The minimum Gasteiger partial charge on any atom is -0.496 e. The predicted octanol–water partition coefficient (Wildman–Crippen LogP) is 3.87. The van der Waals surface area contributed by atoms with Gasteiger partial charge >= 0.3 is 5.97 Å². The molecule has 1 heterocycles. The van der Waals surface area contributed by atoms with Crippen LogP contribution in [-0.2, 0) is 11.3 Å². The highest BCUT2D eigenvalue weighted by molar-refractivity contribution is 5.90. The molecule has 0 fully saturated rings. The molecule has 0 saturated heterocycles. The first-order valence-electron chi connectivity index (χ1n) is 8.37. The van der Waals surface area contributed by atoms with Crippen LogP contribution in [0.2, 0.25) is 0 Å². The van der Waals surface area contributed by atoms with Crippen LogP contribution in [0.1, 0.15) is 21.7 Å². The van der Waals surface area contributed by atoms with Gasteiger partial charge in [-0.25, -0.2) is 4.79 Å². The van der Waals surface area contributed by atoms with Crippen molar-refractivity contribution in [1.29, 1.82) is 0 Å². The molecule has 0 amide bonds. The zero-order valence-electron chi connectivity index (χ0n) is 15.1. The number of carbonyl (C=O) groups excluding carboxylic acids is 1. The van der Waals surface area contributed by atoms with Gasteiger partial charge in [-0.15, -0.1) is 0 Å². The van der Waals surface area contributed by atoms with Crippen LogP contribution in [0.25, 0.3) is 11.3 Å². The lowest BCUT2D eigenvalue weighted by Crippen LogP contribution is -2.06. The summed E-state index contributed by atoms with van der Waals surface area (Å²) in [6, 6.07) is 18.5. The van der Waals surface area contributed by atoms with Crippen molar-refractivity contribution in [3.8, 4) is 17.1 Å². The Morgan fingerprint density at radius 1 is 1.11 bits per heavy atom. The van der Waals surface area contributed by atoms with Crippen LogP contribution in [-0.4, -0.2) is 26.4 Å². The molecule has 6 nitrogen and oxygen atoms in total. The Morgan fingerprint density at radius 3 is 2.78 bits per heavy atom. The van der Waals surface area contributed by atoms with E-state index in [1.54, 1.807) is 31.5 Å². The average molecular weight is 364 g/mol. The summed E-state index contributed by atoms with van der Waals surface area (Å²) >= 11 is 0.